The quantitative estimate of drug-likeness (QED) is 0.476. The minimum absolute atomic E-state index is 0.125. The Morgan fingerprint density at radius 1 is 1.04 bits per heavy atom. The lowest BCUT2D eigenvalue weighted by Gasteiger charge is -2.05. The Morgan fingerprint density at radius 2 is 1.84 bits per heavy atom. The number of aryl methyl sites for hydroxylation is 1. The largest absolute Gasteiger partial charge is 0.399 e. The predicted octanol–water partition coefficient (Wildman–Crippen LogP) is 3.95. The fourth-order valence-electron chi connectivity index (χ4n) is 2.71. The summed E-state index contributed by atoms with van der Waals surface area (Å²) < 4.78 is 1.23. The number of nitrogens with two attached hydrogens (primary N) is 1. The van der Waals surface area contributed by atoms with Gasteiger partial charge in [0.15, 0.2) is 0 Å². The van der Waals surface area contributed by atoms with Crippen molar-refractivity contribution in [3.63, 3.8) is 0 Å². The van der Waals surface area contributed by atoms with Crippen LogP contribution in [0.3, 0.4) is 0 Å². The number of amides is 1. The summed E-state index contributed by atoms with van der Waals surface area (Å²) in [6.45, 7) is 0.667. The van der Waals surface area contributed by atoms with Gasteiger partial charge in [0.25, 0.3) is 0 Å². The minimum atomic E-state index is 0.125. The molecule has 25 heavy (non-hydrogen) atoms. The highest BCUT2D eigenvalue weighted by atomic mass is 32.1. The fourth-order valence-corrected chi connectivity index (χ4v) is 3.72. The molecule has 130 valence electrons. The lowest BCUT2D eigenvalue weighted by molar-refractivity contribution is -0.121. The molecule has 0 saturated heterocycles. The van der Waals surface area contributed by atoms with Gasteiger partial charge in [-0.3, -0.25) is 4.79 Å². The molecule has 0 bridgehead atoms. The summed E-state index contributed by atoms with van der Waals surface area (Å²) in [6, 6.07) is 16.0. The van der Waals surface area contributed by atoms with E-state index in [1.165, 1.54) is 10.3 Å². The van der Waals surface area contributed by atoms with Crippen LogP contribution in [-0.4, -0.2) is 17.4 Å². The highest BCUT2D eigenvalue weighted by Crippen LogP contribution is 2.22. The molecule has 0 atom stereocenters. The van der Waals surface area contributed by atoms with Crippen molar-refractivity contribution in [2.75, 3.05) is 12.3 Å². The Morgan fingerprint density at radius 3 is 2.64 bits per heavy atom. The van der Waals surface area contributed by atoms with Gasteiger partial charge in [-0.05, 0) is 55.5 Å². The normalized spacial score (nSPS) is 10.9. The number of hydrogen-bond acceptors (Lipinski definition) is 4. The van der Waals surface area contributed by atoms with Gasteiger partial charge in [0.2, 0.25) is 5.91 Å². The maximum atomic E-state index is 11.9. The SMILES string of the molecule is Nc1ccc(CCNC(=O)CCCCc2nc3ccccc3s2)cc1. The van der Waals surface area contributed by atoms with E-state index in [1.807, 2.05) is 42.5 Å². The van der Waals surface area contributed by atoms with Crippen LogP contribution < -0.4 is 11.1 Å². The number of aromatic nitrogens is 1. The van der Waals surface area contributed by atoms with Crippen LogP contribution in [0.1, 0.15) is 29.8 Å². The number of rotatable bonds is 8. The molecule has 0 saturated carbocycles. The first-order valence-electron chi connectivity index (χ1n) is 8.66. The van der Waals surface area contributed by atoms with Crippen LogP contribution in [-0.2, 0) is 17.6 Å². The minimum Gasteiger partial charge on any atom is -0.399 e. The van der Waals surface area contributed by atoms with Gasteiger partial charge in [-0.15, -0.1) is 11.3 Å². The van der Waals surface area contributed by atoms with Crippen molar-refractivity contribution >= 4 is 33.1 Å². The highest BCUT2D eigenvalue weighted by molar-refractivity contribution is 7.18. The van der Waals surface area contributed by atoms with Crippen LogP contribution in [0.5, 0.6) is 0 Å². The van der Waals surface area contributed by atoms with Crippen molar-refractivity contribution in [3.05, 3.63) is 59.1 Å². The smallest absolute Gasteiger partial charge is 0.220 e. The number of hydrogen-bond donors (Lipinski definition) is 2. The van der Waals surface area contributed by atoms with Gasteiger partial charge in [-0.1, -0.05) is 24.3 Å². The van der Waals surface area contributed by atoms with Crippen molar-refractivity contribution in [3.8, 4) is 0 Å². The molecule has 0 aliphatic carbocycles. The van der Waals surface area contributed by atoms with E-state index in [1.54, 1.807) is 11.3 Å². The van der Waals surface area contributed by atoms with Gasteiger partial charge in [0.05, 0.1) is 15.2 Å². The fraction of sp³-hybridized carbons (Fsp3) is 0.300. The average Bonchev–Trinajstić information content (AvgIpc) is 3.03. The number of carbonyl (C=O) groups excluding carboxylic acids is 1. The molecule has 3 N–H and O–H groups in total. The van der Waals surface area contributed by atoms with Crippen molar-refractivity contribution in [2.24, 2.45) is 0 Å². The van der Waals surface area contributed by atoms with E-state index in [0.717, 1.165) is 41.9 Å². The maximum Gasteiger partial charge on any atom is 0.220 e. The third-order valence-corrected chi connectivity index (χ3v) is 5.19. The molecule has 0 unspecified atom stereocenters. The van der Waals surface area contributed by atoms with Gasteiger partial charge in [0, 0.05) is 18.7 Å². The second kappa shape index (κ2) is 8.62. The molecule has 0 fully saturated rings. The summed E-state index contributed by atoms with van der Waals surface area (Å²) in [5.74, 6) is 0.125. The molecule has 2 aromatic carbocycles. The Kier molecular flexibility index (Phi) is 6.01. The molecule has 0 aliphatic rings. The van der Waals surface area contributed by atoms with Crippen molar-refractivity contribution in [1.29, 1.82) is 0 Å². The Labute approximate surface area is 152 Å². The number of nitrogens with zero attached hydrogens (tertiary/aromatic N) is 1. The Bertz CT molecular complexity index is 793. The van der Waals surface area contributed by atoms with E-state index < -0.39 is 0 Å². The van der Waals surface area contributed by atoms with Gasteiger partial charge in [-0.25, -0.2) is 4.98 Å². The Balaban J connectivity index is 1.31. The standard InChI is InChI=1S/C20H23N3OS/c21-16-11-9-15(10-12-16)13-14-22-19(24)7-3-4-8-20-23-17-5-1-2-6-18(17)25-20/h1-2,5-6,9-12H,3-4,7-8,13-14,21H2,(H,22,24). The number of para-hydroxylation sites is 1. The van der Waals surface area contributed by atoms with Crippen LogP contribution in [0.25, 0.3) is 10.2 Å². The summed E-state index contributed by atoms with van der Waals surface area (Å²) >= 11 is 1.75. The highest BCUT2D eigenvalue weighted by Gasteiger charge is 2.05. The summed E-state index contributed by atoms with van der Waals surface area (Å²) in [5.41, 5.74) is 8.68. The van der Waals surface area contributed by atoms with Gasteiger partial charge in [-0.2, -0.15) is 0 Å². The number of unbranched alkanes of at least 4 members (excludes halogenated alkanes) is 1. The molecular weight excluding hydrogens is 330 g/mol. The second-order valence-electron chi connectivity index (χ2n) is 6.12. The maximum absolute atomic E-state index is 11.9. The first-order valence-corrected chi connectivity index (χ1v) is 9.48. The number of carbonyl (C=O) groups is 1. The van der Waals surface area contributed by atoms with Crippen LogP contribution in [0.4, 0.5) is 5.69 Å². The molecule has 0 aliphatic heterocycles. The molecule has 3 rings (SSSR count). The zero-order chi connectivity index (χ0) is 17.5. The van der Waals surface area contributed by atoms with E-state index in [0.29, 0.717) is 13.0 Å². The van der Waals surface area contributed by atoms with Crippen molar-refractivity contribution in [1.82, 2.24) is 10.3 Å². The van der Waals surface area contributed by atoms with Gasteiger partial charge >= 0.3 is 0 Å². The van der Waals surface area contributed by atoms with Gasteiger partial charge < -0.3 is 11.1 Å². The molecule has 0 radical (unpaired) electrons. The number of nitrogen functional groups attached to an aromatic ring is 1. The molecule has 4 nitrogen and oxygen atoms in total. The van der Waals surface area contributed by atoms with Crippen LogP contribution in [0.2, 0.25) is 0 Å². The molecule has 1 heterocycles. The summed E-state index contributed by atoms with van der Waals surface area (Å²) in [4.78, 5) is 16.5. The van der Waals surface area contributed by atoms with E-state index in [-0.39, 0.29) is 5.91 Å². The van der Waals surface area contributed by atoms with E-state index in [4.69, 9.17) is 5.73 Å². The second-order valence-corrected chi connectivity index (χ2v) is 7.24. The van der Waals surface area contributed by atoms with Crippen LogP contribution >= 0.6 is 11.3 Å². The van der Waals surface area contributed by atoms with Gasteiger partial charge in [0.1, 0.15) is 0 Å². The molecule has 3 aromatic rings. The zero-order valence-corrected chi connectivity index (χ0v) is 15.0. The first-order chi connectivity index (χ1) is 12.2. The average molecular weight is 353 g/mol. The lowest BCUT2D eigenvalue weighted by atomic mass is 10.1. The number of fused-ring (bicyclic) bond motifs is 1. The number of anilines is 1. The molecule has 5 heteroatoms. The monoisotopic (exact) mass is 353 g/mol. The first kappa shape index (κ1) is 17.4. The number of nitrogens with one attached hydrogen (secondary N) is 1. The third kappa shape index (κ3) is 5.29. The Hall–Kier alpha value is -2.40. The van der Waals surface area contributed by atoms with Crippen molar-refractivity contribution in [2.45, 2.75) is 32.1 Å². The topological polar surface area (TPSA) is 68.0 Å². The molecule has 1 aromatic heterocycles. The molecule has 1 amide bonds. The number of thiazole rings is 1. The van der Waals surface area contributed by atoms with Crippen LogP contribution in [0.15, 0.2) is 48.5 Å². The summed E-state index contributed by atoms with van der Waals surface area (Å²) in [6.07, 6.45) is 4.23. The lowest BCUT2D eigenvalue weighted by Crippen LogP contribution is -2.25. The van der Waals surface area contributed by atoms with E-state index in [9.17, 15) is 4.79 Å². The molecule has 0 spiro atoms. The summed E-state index contributed by atoms with van der Waals surface area (Å²) in [7, 11) is 0. The molecular formula is C20H23N3OS. The third-order valence-electron chi connectivity index (χ3n) is 4.10. The number of benzene rings is 2. The van der Waals surface area contributed by atoms with Crippen molar-refractivity contribution < 1.29 is 4.79 Å². The zero-order valence-electron chi connectivity index (χ0n) is 14.2. The van der Waals surface area contributed by atoms with E-state index >= 15 is 0 Å². The van der Waals surface area contributed by atoms with E-state index in [2.05, 4.69) is 16.4 Å². The summed E-state index contributed by atoms with van der Waals surface area (Å²) in [5, 5.41) is 4.14. The van der Waals surface area contributed by atoms with Crippen LogP contribution in [0, 0.1) is 0 Å². The predicted molar refractivity (Wildman–Crippen MR) is 105 cm³/mol.